The number of anilines is 2. The molecule has 0 aliphatic carbocycles. The van der Waals surface area contributed by atoms with Gasteiger partial charge in [-0.25, -0.2) is 4.98 Å². The molecule has 2 fully saturated rings. The fourth-order valence-corrected chi connectivity index (χ4v) is 4.45. The highest BCUT2D eigenvalue weighted by Crippen LogP contribution is 2.31. The van der Waals surface area contributed by atoms with E-state index < -0.39 is 0 Å². The van der Waals surface area contributed by atoms with Crippen LogP contribution < -0.4 is 20.3 Å². The molecule has 2 aliphatic rings. The van der Waals surface area contributed by atoms with Crippen molar-refractivity contribution in [3.05, 3.63) is 17.7 Å². The van der Waals surface area contributed by atoms with Gasteiger partial charge < -0.3 is 25.4 Å². The van der Waals surface area contributed by atoms with E-state index in [1.54, 1.807) is 7.11 Å². The van der Waals surface area contributed by atoms with Gasteiger partial charge >= 0.3 is 0 Å². The monoisotopic (exact) mass is 452 g/mol. The van der Waals surface area contributed by atoms with Gasteiger partial charge in [-0.1, -0.05) is 11.8 Å². The third kappa shape index (κ3) is 6.05. The van der Waals surface area contributed by atoms with Gasteiger partial charge in [0.05, 0.1) is 31.3 Å². The van der Waals surface area contributed by atoms with Crippen LogP contribution in [0.15, 0.2) is 12.1 Å². The fraction of sp³-hybridized carbons (Fsp3) is 0.600. The number of aliphatic hydroxyl groups is 1. The Bertz CT molecular complexity index is 990. The van der Waals surface area contributed by atoms with Crippen molar-refractivity contribution in [1.82, 2.24) is 20.2 Å². The van der Waals surface area contributed by atoms with E-state index in [-0.39, 0.29) is 12.6 Å². The number of nitrogens with one attached hydrogen (secondary N) is 2. The summed E-state index contributed by atoms with van der Waals surface area (Å²) in [5.41, 5.74) is 1.73. The lowest BCUT2D eigenvalue weighted by Gasteiger charge is -2.21. The zero-order valence-electron chi connectivity index (χ0n) is 19.9. The molecule has 2 saturated heterocycles. The Morgan fingerprint density at radius 3 is 2.61 bits per heavy atom. The maximum absolute atomic E-state index is 9.04. The van der Waals surface area contributed by atoms with Gasteiger partial charge in [-0.05, 0) is 57.8 Å². The molecule has 1 atom stereocenters. The van der Waals surface area contributed by atoms with E-state index in [9.17, 15) is 0 Å². The SMILES string of the molecule is COc1cc2c(N[C@H](C)CNCCO)nc(N3CCCC3)nc2cc1C#CCN1CCCC1. The average Bonchev–Trinajstić information content (AvgIpc) is 3.53. The third-order valence-corrected chi connectivity index (χ3v) is 6.24. The lowest BCUT2D eigenvalue weighted by atomic mass is 10.1. The molecule has 1 aromatic heterocycles. The van der Waals surface area contributed by atoms with E-state index in [0.717, 1.165) is 73.3 Å². The van der Waals surface area contributed by atoms with Gasteiger partial charge in [0.1, 0.15) is 11.6 Å². The van der Waals surface area contributed by atoms with E-state index in [4.69, 9.17) is 19.8 Å². The van der Waals surface area contributed by atoms with Crippen LogP contribution in [-0.2, 0) is 0 Å². The van der Waals surface area contributed by atoms with E-state index in [0.29, 0.717) is 6.54 Å². The van der Waals surface area contributed by atoms with Crippen LogP contribution in [-0.4, -0.2) is 85.5 Å². The Hall–Kier alpha value is -2.60. The molecule has 0 saturated carbocycles. The molecule has 33 heavy (non-hydrogen) atoms. The van der Waals surface area contributed by atoms with Crippen molar-refractivity contribution in [1.29, 1.82) is 0 Å². The summed E-state index contributed by atoms with van der Waals surface area (Å²) < 4.78 is 5.70. The Balaban J connectivity index is 1.66. The Morgan fingerprint density at radius 2 is 1.88 bits per heavy atom. The van der Waals surface area contributed by atoms with Gasteiger partial charge in [0.2, 0.25) is 5.95 Å². The highest BCUT2D eigenvalue weighted by atomic mass is 16.5. The molecule has 2 aromatic rings. The minimum atomic E-state index is 0.126. The number of aromatic nitrogens is 2. The number of hydrogen-bond donors (Lipinski definition) is 3. The zero-order valence-corrected chi connectivity index (χ0v) is 19.9. The lowest BCUT2D eigenvalue weighted by molar-refractivity contribution is 0.292. The standard InChI is InChI=1S/C25H36N6O2/c1-19(18-26-9-15-32)27-24-21-17-23(33-2)20(8-7-12-30-10-3-4-11-30)16-22(21)28-25(29-24)31-13-5-6-14-31/h16-17,19,26,32H,3-6,9-15,18H2,1-2H3,(H,27,28,29)/t19-/m1/s1. The molecule has 0 unspecified atom stereocenters. The predicted octanol–water partition coefficient (Wildman–Crippen LogP) is 2.07. The Morgan fingerprint density at radius 1 is 1.12 bits per heavy atom. The minimum absolute atomic E-state index is 0.126. The largest absolute Gasteiger partial charge is 0.495 e. The molecular formula is C25H36N6O2. The van der Waals surface area contributed by atoms with Crippen LogP contribution in [0.5, 0.6) is 5.75 Å². The molecule has 0 radical (unpaired) electrons. The number of methoxy groups -OCH3 is 1. The van der Waals surface area contributed by atoms with Crippen molar-refractivity contribution in [2.45, 2.75) is 38.6 Å². The number of likely N-dealkylation sites (tertiary alicyclic amines) is 1. The molecule has 178 valence electrons. The molecule has 8 heteroatoms. The Labute approximate surface area is 196 Å². The van der Waals surface area contributed by atoms with Crippen LogP contribution in [0.1, 0.15) is 38.2 Å². The maximum atomic E-state index is 9.04. The summed E-state index contributed by atoms with van der Waals surface area (Å²) in [4.78, 5) is 14.5. The van der Waals surface area contributed by atoms with Gasteiger partial charge in [-0.15, -0.1) is 0 Å². The van der Waals surface area contributed by atoms with Crippen molar-refractivity contribution in [2.24, 2.45) is 0 Å². The number of hydrogen-bond acceptors (Lipinski definition) is 8. The summed E-state index contributed by atoms with van der Waals surface area (Å²) >= 11 is 0. The van der Waals surface area contributed by atoms with Crippen LogP contribution in [0.25, 0.3) is 10.9 Å². The minimum Gasteiger partial charge on any atom is -0.495 e. The Kier molecular flexibility index (Phi) is 8.21. The summed E-state index contributed by atoms with van der Waals surface area (Å²) in [5, 5.41) is 16.7. The lowest BCUT2D eigenvalue weighted by Crippen LogP contribution is -2.32. The zero-order chi connectivity index (χ0) is 23.0. The predicted molar refractivity (Wildman–Crippen MR) is 133 cm³/mol. The topological polar surface area (TPSA) is 85.8 Å². The van der Waals surface area contributed by atoms with Crippen molar-refractivity contribution < 1.29 is 9.84 Å². The number of fused-ring (bicyclic) bond motifs is 1. The highest BCUT2D eigenvalue weighted by Gasteiger charge is 2.19. The molecule has 0 bridgehead atoms. The van der Waals surface area contributed by atoms with Gasteiger partial charge in [-0.2, -0.15) is 4.98 Å². The summed E-state index contributed by atoms with van der Waals surface area (Å²) in [6, 6.07) is 4.16. The normalized spacial score (nSPS) is 17.2. The molecule has 8 nitrogen and oxygen atoms in total. The second-order valence-corrected chi connectivity index (χ2v) is 8.89. The fourth-order valence-electron chi connectivity index (χ4n) is 4.45. The molecule has 2 aliphatic heterocycles. The van der Waals surface area contributed by atoms with Crippen LogP contribution in [0.3, 0.4) is 0 Å². The summed E-state index contributed by atoms with van der Waals surface area (Å²) in [5.74, 6) is 8.95. The second kappa shape index (κ2) is 11.5. The number of nitrogens with zero attached hydrogens (tertiary/aromatic N) is 4. The smallest absolute Gasteiger partial charge is 0.227 e. The average molecular weight is 453 g/mol. The molecule has 0 amide bonds. The number of benzene rings is 1. The first-order valence-corrected chi connectivity index (χ1v) is 12.1. The van der Waals surface area contributed by atoms with Crippen LogP contribution in [0, 0.1) is 11.8 Å². The molecule has 3 heterocycles. The van der Waals surface area contributed by atoms with Crippen molar-refractivity contribution >= 4 is 22.7 Å². The van der Waals surface area contributed by atoms with Crippen LogP contribution >= 0.6 is 0 Å². The number of rotatable bonds is 9. The first-order chi connectivity index (χ1) is 16.2. The van der Waals surface area contributed by atoms with E-state index in [1.165, 1.54) is 25.7 Å². The molecule has 0 spiro atoms. The van der Waals surface area contributed by atoms with E-state index >= 15 is 0 Å². The second-order valence-electron chi connectivity index (χ2n) is 8.89. The van der Waals surface area contributed by atoms with Crippen LogP contribution in [0.2, 0.25) is 0 Å². The van der Waals surface area contributed by atoms with Crippen LogP contribution in [0.4, 0.5) is 11.8 Å². The van der Waals surface area contributed by atoms with Gasteiger partial charge in [0, 0.05) is 37.6 Å². The van der Waals surface area contributed by atoms with Crippen molar-refractivity contribution in [3.63, 3.8) is 0 Å². The summed E-state index contributed by atoms with van der Waals surface area (Å²) in [6.07, 6.45) is 4.87. The number of ether oxygens (including phenoxy) is 1. The molecular weight excluding hydrogens is 416 g/mol. The van der Waals surface area contributed by atoms with Crippen molar-refractivity contribution in [3.8, 4) is 17.6 Å². The van der Waals surface area contributed by atoms with E-state index in [1.807, 2.05) is 12.1 Å². The molecule has 3 N–H and O–H groups in total. The molecule has 4 rings (SSSR count). The maximum Gasteiger partial charge on any atom is 0.227 e. The van der Waals surface area contributed by atoms with Gasteiger partial charge in [0.15, 0.2) is 0 Å². The highest BCUT2D eigenvalue weighted by molar-refractivity contribution is 5.92. The number of aliphatic hydroxyl groups excluding tert-OH is 1. The summed E-state index contributed by atoms with van der Waals surface area (Å²) in [6.45, 7) is 8.55. The molecule has 1 aromatic carbocycles. The summed E-state index contributed by atoms with van der Waals surface area (Å²) in [7, 11) is 1.68. The van der Waals surface area contributed by atoms with Crippen molar-refractivity contribution in [2.75, 3.05) is 69.7 Å². The van der Waals surface area contributed by atoms with E-state index in [2.05, 4.69) is 39.2 Å². The van der Waals surface area contributed by atoms with Gasteiger partial charge in [0.25, 0.3) is 0 Å². The first-order valence-electron chi connectivity index (χ1n) is 12.1. The third-order valence-electron chi connectivity index (χ3n) is 6.24. The van der Waals surface area contributed by atoms with Gasteiger partial charge in [-0.3, -0.25) is 4.90 Å². The first kappa shape index (κ1) is 23.6. The quantitative estimate of drug-likeness (QED) is 0.394.